The van der Waals surface area contributed by atoms with Crippen molar-refractivity contribution in [3.05, 3.63) is 0 Å². The molecule has 0 aliphatic heterocycles. The molecule has 4 nitrogen and oxygen atoms in total. The maximum atomic E-state index is 11.2. The zero-order valence-electron chi connectivity index (χ0n) is 7.78. The second-order valence-corrected chi connectivity index (χ2v) is 5.15. The third-order valence-corrected chi connectivity index (χ3v) is 2.34. The van der Waals surface area contributed by atoms with Gasteiger partial charge in [0, 0.05) is 6.26 Å². The van der Waals surface area contributed by atoms with Gasteiger partial charge in [-0.25, -0.2) is 8.42 Å². The Hall–Kier alpha value is -0.890. The van der Waals surface area contributed by atoms with Gasteiger partial charge in [0.05, 0.1) is 6.07 Å². The summed E-state index contributed by atoms with van der Waals surface area (Å²) >= 11 is 0. The van der Waals surface area contributed by atoms with Gasteiger partial charge >= 0.3 is 0 Å². The predicted octanol–water partition coefficient (Wildman–Crippen LogP) is 0.540. The molecule has 0 saturated carbocycles. The Labute approximate surface area is 78.5 Å². The first kappa shape index (κ1) is 12.1. The minimum atomic E-state index is -3.30. The Balaban J connectivity index is 4.34. The van der Waals surface area contributed by atoms with E-state index in [4.69, 9.17) is 5.26 Å². The summed E-state index contributed by atoms with van der Waals surface area (Å²) in [5.41, 5.74) is 0. The minimum absolute atomic E-state index is 0.435. The molecule has 74 valence electrons. The van der Waals surface area contributed by atoms with E-state index in [1.807, 2.05) is 13.0 Å². The summed E-state index contributed by atoms with van der Waals surface area (Å²) in [7, 11) is -3.30. The first-order chi connectivity index (χ1) is 5.90. The quantitative estimate of drug-likeness (QED) is 0.653. The molecule has 0 fully saturated rings. The monoisotopic (exact) mass is 203 g/mol. The standard InChI is InChI=1S/C8H13NO3S/c1-3-4-7(5-9)8(10)6-13(2,11)12/h7H,3-4,6H2,1-2H3. The zero-order chi connectivity index (χ0) is 10.5. The van der Waals surface area contributed by atoms with E-state index in [9.17, 15) is 13.2 Å². The van der Waals surface area contributed by atoms with E-state index in [1.165, 1.54) is 0 Å². The Bertz CT molecular complexity index is 313. The van der Waals surface area contributed by atoms with Crippen LogP contribution in [0.5, 0.6) is 0 Å². The molecule has 0 N–H and O–H groups in total. The number of Topliss-reactive ketones (excluding diaryl/α,β-unsaturated/α-hetero) is 1. The third kappa shape index (κ3) is 5.36. The fraction of sp³-hybridized carbons (Fsp3) is 0.750. The van der Waals surface area contributed by atoms with Gasteiger partial charge in [0.25, 0.3) is 0 Å². The van der Waals surface area contributed by atoms with Crippen LogP contribution in [0.1, 0.15) is 19.8 Å². The van der Waals surface area contributed by atoms with Crippen molar-refractivity contribution < 1.29 is 13.2 Å². The molecule has 13 heavy (non-hydrogen) atoms. The molecular formula is C8H13NO3S. The van der Waals surface area contributed by atoms with Crippen molar-refractivity contribution in [1.29, 1.82) is 5.26 Å². The third-order valence-electron chi connectivity index (χ3n) is 1.53. The fourth-order valence-corrected chi connectivity index (χ4v) is 1.66. The molecule has 0 aliphatic rings. The number of nitrogens with zero attached hydrogens (tertiary/aromatic N) is 1. The highest BCUT2D eigenvalue weighted by Crippen LogP contribution is 2.07. The van der Waals surface area contributed by atoms with E-state index < -0.39 is 27.3 Å². The summed E-state index contributed by atoms with van der Waals surface area (Å²) in [6, 6.07) is 1.81. The van der Waals surface area contributed by atoms with Crippen molar-refractivity contribution in [3.8, 4) is 6.07 Å². The Morgan fingerprint density at radius 3 is 2.38 bits per heavy atom. The summed E-state index contributed by atoms with van der Waals surface area (Å²) in [6.07, 6.45) is 2.13. The molecule has 0 aromatic rings. The van der Waals surface area contributed by atoms with Gasteiger partial charge < -0.3 is 0 Å². The van der Waals surface area contributed by atoms with Crippen LogP contribution in [-0.2, 0) is 14.6 Å². The first-order valence-corrected chi connectivity index (χ1v) is 6.06. The van der Waals surface area contributed by atoms with Crippen LogP contribution in [0.25, 0.3) is 0 Å². The van der Waals surface area contributed by atoms with E-state index in [2.05, 4.69) is 0 Å². The number of hydrogen-bond donors (Lipinski definition) is 0. The van der Waals surface area contributed by atoms with Gasteiger partial charge in [0.2, 0.25) is 0 Å². The predicted molar refractivity (Wildman–Crippen MR) is 48.7 cm³/mol. The molecule has 0 heterocycles. The van der Waals surface area contributed by atoms with Crippen LogP contribution in [0.4, 0.5) is 0 Å². The molecule has 0 spiro atoms. The van der Waals surface area contributed by atoms with E-state index in [-0.39, 0.29) is 0 Å². The number of hydrogen-bond acceptors (Lipinski definition) is 4. The Morgan fingerprint density at radius 2 is 2.08 bits per heavy atom. The van der Waals surface area contributed by atoms with E-state index in [1.54, 1.807) is 0 Å². The topological polar surface area (TPSA) is 75.0 Å². The van der Waals surface area contributed by atoms with Gasteiger partial charge in [-0.05, 0) is 6.42 Å². The van der Waals surface area contributed by atoms with Gasteiger partial charge in [-0.1, -0.05) is 13.3 Å². The zero-order valence-corrected chi connectivity index (χ0v) is 8.60. The molecule has 0 bridgehead atoms. The van der Waals surface area contributed by atoms with Crippen molar-refractivity contribution in [2.24, 2.45) is 5.92 Å². The largest absolute Gasteiger partial charge is 0.297 e. The van der Waals surface area contributed by atoms with Crippen molar-refractivity contribution in [3.63, 3.8) is 0 Å². The fourth-order valence-electron chi connectivity index (χ4n) is 0.945. The number of rotatable bonds is 5. The van der Waals surface area contributed by atoms with Crippen LogP contribution in [0.2, 0.25) is 0 Å². The van der Waals surface area contributed by atoms with Crippen molar-refractivity contribution in [2.45, 2.75) is 19.8 Å². The highest BCUT2D eigenvalue weighted by molar-refractivity contribution is 7.91. The lowest BCUT2D eigenvalue weighted by Gasteiger charge is -2.04. The number of carbonyl (C=O) groups excluding carboxylic acids is 1. The number of ketones is 1. The van der Waals surface area contributed by atoms with Crippen LogP contribution in [0.15, 0.2) is 0 Å². The van der Waals surface area contributed by atoms with Crippen molar-refractivity contribution in [1.82, 2.24) is 0 Å². The molecule has 0 saturated heterocycles. The summed E-state index contributed by atoms with van der Waals surface area (Å²) < 4.78 is 21.5. The van der Waals surface area contributed by atoms with E-state index in [0.717, 1.165) is 6.26 Å². The van der Waals surface area contributed by atoms with E-state index >= 15 is 0 Å². The molecular weight excluding hydrogens is 190 g/mol. The van der Waals surface area contributed by atoms with Gasteiger partial charge in [-0.3, -0.25) is 4.79 Å². The second kappa shape index (κ2) is 4.97. The molecule has 5 heteroatoms. The number of sulfone groups is 1. The Morgan fingerprint density at radius 1 is 1.54 bits per heavy atom. The highest BCUT2D eigenvalue weighted by Gasteiger charge is 2.20. The van der Waals surface area contributed by atoms with Crippen LogP contribution < -0.4 is 0 Å². The lowest BCUT2D eigenvalue weighted by Crippen LogP contribution is -2.21. The maximum absolute atomic E-state index is 11.2. The molecule has 0 amide bonds. The summed E-state index contributed by atoms with van der Waals surface area (Å²) in [4.78, 5) is 11.2. The molecule has 0 aromatic heterocycles. The second-order valence-electron chi connectivity index (χ2n) is 3.01. The average molecular weight is 203 g/mol. The van der Waals surface area contributed by atoms with Crippen LogP contribution >= 0.6 is 0 Å². The van der Waals surface area contributed by atoms with E-state index in [0.29, 0.717) is 12.8 Å². The van der Waals surface area contributed by atoms with Crippen molar-refractivity contribution >= 4 is 15.6 Å². The lowest BCUT2D eigenvalue weighted by atomic mass is 10.0. The lowest BCUT2D eigenvalue weighted by molar-refractivity contribution is -0.119. The molecule has 0 radical (unpaired) electrons. The maximum Gasteiger partial charge on any atom is 0.164 e. The summed E-state index contributed by atoms with van der Waals surface area (Å²) in [6.45, 7) is 1.85. The Kier molecular flexibility index (Phi) is 4.63. The number of carbonyl (C=O) groups is 1. The normalized spacial score (nSPS) is 13.3. The molecule has 0 rings (SSSR count). The summed E-state index contributed by atoms with van der Waals surface area (Å²) in [5, 5.41) is 8.56. The van der Waals surface area contributed by atoms with Gasteiger partial charge in [0.1, 0.15) is 11.7 Å². The van der Waals surface area contributed by atoms with Crippen LogP contribution in [0, 0.1) is 17.2 Å². The SMILES string of the molecule is CCCC(C#N)C(=O)CS(C)(=O)=O. The molecule has 1 unspecified atom stereocenters. The smallest absolute Gasteiger partial charge is 0.164 e. The molecule has 1 atom stereocenters. The van der Waals surface area contributed by atoms with Gasteiger partial charge in [-0.15, -0.1) is 0 Å². The van der Waals surface area contributed by atoms with Crippen LogP contribution in [-0.4, -0.2) is 26.2 Å². The molecule has 0 aromatic carbocycles. The highest BCUT2D eigenvalue weighted by atomic mass is 32.2. The summed E-state index contributed by atoms with van der Waals surface area (Å²) in [5.74, 6) is -1.78. The average Bonchev–Trinajstić information content (AvgIpc) is 1.96. The minimum Gasteiger partial charge on any atom is -0.297 e. The first-order valence-electron chi connectivity index (χ1n) is 4.00. The van der Waals surface area contributed by atoms with Crippen LogP contribution in [0.3, 0.4) is 0 Å². The van der Waals surface area contributed by atoms with Gasteiger partial charge in [0.15, 0.2) is 15.6 Å². The number of nitriles is 1. The van der Waals surface area contributed by atoms with Crippen molar-refractivity contribution in [2.75, 3.05) is 12.0 Å². The molecule has 0 aliphatic carbocycles. The van der Waals surface area contributed by atoms with Gasteiger partial charge in [-0.2, -0.15) is 5.26 Å².